The normalized spacial score (nSPS) is 10.9. The summed E-state index contributed by atoms with van der Waals surface area (Å²) in [7, 11) is 1.74. The Balaban J connectivity index is 2.27. The van der Waals surface area contributed by atoms with Gasteiger partial charge in [0.25, 0.3) is 0 Å². The maximum Gasteiger partial charge on any atom is 0.235 e. The highest BCUT2D eigenvalue weighted by molar-refractivity contribution is 6.09. The predicted octanol–water partition coefficient (Wildman–Crippen LogP) is 0.564. The Morgan fingerprint density at radius 1 is 1.41 bits per heavy atom. The molecular weight excluding hydrogens is 218 g/mol. The van der Waals surface area contributed by atoms with Crippen LogP contribution in [0.25, 0.3) is 0 Å². The van der Waals surface area contributed by atoms with Gasteiger partial charge in [0.05, 0.1) is 5.69 Å². The Labute approximate surface area is 97.4 Å². The zero-order chi connectivity index (χ0) is 12.1. The number of para-hydroxylation sites is 1. The fourth-order valence-electron chi connectivity index (χ4n) is 1.23. The van der Waals surface area contributed by atoms with Crippen LogP contribution in [0.4, 0.5) is 5.69 Å². The van der Waals surface area contributed by atoms with Crippen molar-refractivity contribution in [2.45, 2.75) is 0 Å². The van der Waals surface area contributed by atoms with Crippen LogP contribution in [0.3, 0.4) is 0 Å². The molecule has 0 bridgehead atoms. The molecule has 7 nitrogen and oxygen atoms in total. The molecule has 2 rings (SSSR count). The number of aromatic amines is 1. The summed E-state index contributed by atoms with van der Waals surface area (Å²) in [4.78, 5) is 0. The minimum absolute atomic E-state index is 0.102. The number of benzene rings is 1. The van der Waals surface area contributed by atoms with E-state index < -0.39 is 0 Å². The first-order valence-electron chi connectivity index (χ1n) is 4.82. The van der Waals surface area contributed by atoms with Crippen molar-refractivity contribution in [3.05, 3.63) is 36.2 Å². The Bertz CT molecular complexity index is 538. The van der Waals surface area contributed by atoms with Crippen molar-refractivity contribution in [1.82, 2.24) is 20.6 Å². The van der Waals surface area contributed by atoms with E-state index >= 15 is 0 Å². The standard InChI is InChI=1S/C10H9N7/c1-17(8-5-3-2-4-6-8)14-9(7-11)10-12-15-16-13-10/h2-6H,1H3,(H,12,13,15,16)/b14-9+. The average Bonchev–Trinajstić information content (AvgIpc) is 2.90. The van der Waals surface area contributed by atoms with E-state index in [1.165, 1.54) is 0 Å². The maximum absolute atomic E-state index is 8.96. The molecule has 0 saturated heterocycles. The van der Waals surface area contributed by atoms with Crippen molar-refractivity contribution >= 4 is 11.4 Å². The molecule has 0 radical (unpaired) electrons. The number of nitrogens with zero attached hydrogens (tertiary/aromatic N) is 6. The average molecular weight is 227 g/mol. The molecule has 0 spiro atoms. The van der Waals surface area contributed by atoms with E-state index in [4.69, 9.17) is 5.26 Å². The van der Waals surface area contributed by atoms with Crippen LogP contribution in [0.2, 0.25) is 0 Å². The number of nitriles is 1. The summed E-state index contributed by atoms with van der Waals surface area (Å²) in [6.07, 6.45) is 0. The largest absolute Gasteiger partial charge is 0.267 e. The van der Waals surface area contributed by atoms with E-state index in [0.29, 0.717) is 0 Å². The van der Waals surface area contributed by atoms with E-state index in [1.54, 1.807) is 12.1 Å². The first-order chi connectivity index (χ1) is 8.31. The van der Waals surface area contributed by atoms with E-state index in [-0.39, 0.29) is 11.5 Å². The van der Waals surface area contributed by atoms with Crippen molar-refractivity contribution in [2.24, 2.45) is 5.10 Å². The van der Waals surface area contributed by atoms with Crippen LogP contribution >= 0.6 is 0 Å². The summed E-state index contributed by atoms with van der Waals surface area (Å²) < 4.78 is 0. The first kappa shape index (κ1) is 10.8. The number of nitrogens with one attached hydrogen (secondary N) is 1. The third-order valence-electron chi connectivity index (χ3n) is 2.04. The number of anilines is 1. The smallest absolute Gasteiger partial charge is 0.235 e. The molecule has 7 heteroatoms. The second kappa shape index (κ2) is 4.85. The second-order valence-corrected chi connectivity index (χ2v) is 3.15. The van der Waals surface area contributed by atoms with Crippen LogP contribution in [0.15, 0.2) is 35.4 Å². The molecule has 1 aromatic heterocycles. The third-order valence-corrected chi connectivity index (χ3v) is 2.04. The van der Waals surface area contributed by atoms with E-state index in [0.717, 1.165) is 5.69 Å². The van der Waals surface area contributed by atoms with Crippen LogP contribution in [0, 0.1) is 11.3 Å². The minimum Gasteiger partial charge on any atom is -0.267 e. The third kappa shape index (κ3) is 2.43. The molecule has 0 fully saturated rings. The lowest BCUT2D eigenvalue weighted by molar-refractivity contribution is 0.881. The molecule has 1 heterocycles. The lowest BCUT2D eigenvalue weighted by atomic mass is 10.3. The molecule has 0 aliphatic carbocycles. The molecular formula is C10H9N7. The summed E-state index contributed by atoms with van der Waals surface area (Å²) in [6, 6.07) is 11.4. The quantitative estimate of drug-likeness (QED) is 0.610. The topological polar surface area (TPSA) is 93.9 Å². The minimum atomic E-state index is 0.102. The molecule has 1 aromatic carbocycles. The molecule has 0 unspecified atom stereocenters. The van der Waals surface area contributed by atoms with Gasteiger partial charge in [-0.25, -0.2) is 0 Å². The molecule has 2 aromatic rings. The highest BCUT2D eigenvalue weighted by atomic mass is 15.5. The van der Waals surface area contributed by atoms with Crippen molar-refractivity contribution < 1.29 is 0 Å². The second-order valence-electron chi connectivity index (χ2n) is 3.15. The van der Waals surface area contributed by atoms with Gasteiger partial charge >= 0.3 is 0 Å². The Hall–Kier alpha value is -2.75. The molecule has 0 aliphatic rings. The van der Waals surface area contributed by atoms with Crippen LogP contribution < -0.4 is 5.01 Å². The van der Waals surface area contributed by atoms with Gasteiger partial charge < -0.3 is 0 Å². The molecule has 0 aliphatic heterocycles. The van der Waals surface area contributed by atoms with Gasteiger partial charge in [0.2, 0.25) is 11.5 Å². The number of aromatic nitrogens is 4. The Morgan fingerprint density at radius 2 is 2.18 bits per heavy atom. The van der Waals surface area contributed by atoms with Crippen LogP contribution in [-0.2, 0) is 0 Å². The highest BCUT2D eigenvalue weighted by Gasteiger charge is 2.09. The van der Waals surface area contributed by atoms with Gasteiger partial charge in [-0.15, -0.1) is 10.2 Å². The summed E-state index contributed by atoms with van der Waals surface area (Å²) in [5, 5.41) is 27.7. The van der Waals surface area contributed by atoms with Gasteiger partial charge in [0.1, 0.15) is 6.07 Å². The zero-order valence-corrected chi connectivity index (χ0v) is 9.07. The maximum atomic E-state index is 8.96. The predicted molar refractivity (Wildman–Crippen MR) is 61.2 cm³/mol. The monoisotopic (exact) mass is 227 g/mol. The SMILES string of the molecule is CN(/N=C(\C#N)c1nn[nH]n1)c1ccccc1. The van der Waals surface area contributed by atoms with Crippen molar-refractivity contribution in [1.29, 1.82) is 5.26 Å². The van der Waals surface area contributed by atoms with Gasteiger partial charge in [-0.05, 0) is 17.3 Å². The van der Waals surface area contributed by atoms with Crippen molar-refractivity contribution in [3.8, 4) is 6.07 Å². The zero-order valence-electron chi connectivity index (χ0n) is 9.07. The first-order valence-corrected chi connectivity index (χ1v) is 4.82. The van der Waals surface area contributed by atoms with Crippen LogP contribution in [0.5, 0.6) is 0 Å². The van der Waals surface area contributed by atoms with E-state index in [2.05, 4.69) is 25.7 Å². The summed E-state index contributed by atoms with van der Waals surface area (Å²) in [5.74, 6) is 0.176. The molecule has 1 N–H and O–H groups in total. The van der Waals surface area contributed by atoms with Crippen molar-refractivity contribution in [3.63, 3.8) is 0 Å². The Kier molecular flexibility index (Phi) is 3.07. The van der Waals surface area contributed by atoms with Gasteiger partial charge in [-0.3, -0.25) is 5.01 Å². The van der Waals surface area contributed by atoms with Gasteiger partial charge in [-0.2, -0.15) is 15.6 Å². The molecule has 0 atom stereocenters. The van der Waals surface area contributed by atoms with Gasteiger partial charge in [-0.1, -0.05) is 18.2 Å². The summed E-state index contributed by atoms with van der Waals surface area (Å²) in [5.41, 5.74) is 0.967. The van der Waals surface area contributed by atoms with E-state index in [9.17, 15) is 0 Å². The Morgan fingerprint density at radius 3 is 2.76 bits per heavy atom. The lowest BCUT2D eigenvalue weighted by Crippen LogP contribution is -2.13. The highest BCUT2D eigenvalue weighted by Crippen LogP contribution is 2.11. The summed E-state index contributed by atoms with van der Waals surface area (Å²) >= 11 is 0. The van der Waals surface area contributed by atoms with Gasteiger partial charge in [0, 0.05) is 7.05 Å². The molecule has 84 valence electrons. The number of rotatable bonds is 3. The molecule has 17 heavy (non-hydrogen) atoms. The number of tetrazole rings is 1. The molecule has 0 saturated carbocycles. The van der Waals surface area contributed by atoms with Crippen LogP contribution in [0.1, 0.15) is 5.82 Å². The van der Waals surface area contributed by atoms with Crippen LogP contribution in [-0.4, -0.2) is 33.4 Å². The number of hydrogen-bond acceptors (Lipinski definition) is 6. The number of hydrazone groups is 1. The van der Waals surface area contributed by atoms with Crippen molar-refractivity contribution in [2.75, 3.05) is 12.1 Å². The number of H-pyrrole nitrogens is 1. The molecule has 0 amide bonds. The fourth-order valence-corrected chi connectivity index (χ4v) is 1.23. The van der Waals surface area contributed by atoms with Gasteiger partial charge in [0.15, 0.2) is 0 Å². The number of hydrogen-bond donors (Lipinski definition) is 1. The summed E-state index contributed by atoms with van der Waals surface area (Å²) in [6.45, 7) is 0. The van der Waals surface area contributed by atoms with E-state index in [1.807, 2.05) is 36.4 Å². The lowest BCUT2D eigenvalue weighted by Gasteiger charge is -2.12. The fraction of sp³-hybridized carbons (Fsp3) is 0.100.